The number of rotatable bonds is 9. The number of sulfonamides is 1. The maximum absolute atomic E-state index is 12.5. The SMILES string of the molecule is CCN(CC)S(=O)(=O)c1ccc(CNC(C)CC(=O)N2CCOCC2)cc1. The molecule has 1 saturated heterocycles. The molecule has 0 bridgehead atoms. The first-order valence-corrected chi connectivity index (χ1v) is 11.0. The summed E-state index contributed by atoms with van der Waals surface area (Å²) in [6.45, 7) is 9.68. The molecule has 0 aromatic heterocycles. The molecule has 7 nitrogen and oxygen atoms in total. The second-order valence-electron chi connectivity index (χ2n) is 6.71. The van der Waals surface area contributed by atoms with Gasteiger partial charge in [-0.2, -0.15) is 4.31 Å². The van der Waals surface area contributed by atoms with E-state index in [0.29, 0.717) is 57.3 Å². The first kappa shape index (κ1) is 21.8. The van der Waals surface area contributed by atoms with E-state index in [2.05, 4.69) is 5.32 Å². The van der Waals surface area contributed by atoms with E-state index in [1.807, 2.05) is 37.8 Å². The van der Waals surface area contributed by atoms with Gasteiger partial charge in [0.05, 0.1) is 18.1 Å². The van der Waals surface area contributed by atoms with E-state index in [0.717, 1.165) is 5.56 Å². The van der Waals surface area contributed by atoms with Gasteiger partial charge in [0.15, 0.2) is 0 Å². The quantitative estimate of drug-likeness (QED) is 0.682. The molecule has 1 aliphatic heterocycles. The normalized spacial score (nSPS) is 16.5. The molecule has 1 fully saturated rings. The van der Waals surface area contributed by atoms with Crippen molar-refractivity contribution in [3.63, 3.8) is 0 Å². The molecule has 1 amide bonds. The molecule has 1 N–H and O–H groups in total. The smallest absolute Gasteiger partial charge is 0.243 e. The summed E-state index contributed by atoms with van der Waals surface area (Å²) < 4.78 is 31.7. The molecule has 0 radical (unpaired) electrons. The first-order chi connectivity index (χ1) is 12.9. The average molecular weight is 398 g/mol. The number of carbonyl (C=O) groups excluding carboxylic acids is 1. The summed E-state index contributed by atoms with van der Waals surface area (Å²) in [6.07, 6.45) is 0.439. The van der Waals surface area contributed by atoms with Gasteiger partial charge < -0.3 is 15.0 Å². The summed E-state index contributed by atoms with van der Waals surface area (Å²) in [5.41, 5.74) is 0.985. The Morgan fingerprint density at radius 1 is 1.19 bits per heavy atom. The molecule has 1 atom stereocenters. The lowest BCUT2D eigenvalue weighted by molar-refractivity contribution is -0.135. The maximum atomic E-state index is 12.5. The van der Waals surface area contributed by atoms with Crippen molar-refractivity contribution in [2.45, 2.75) is 44.7 Å². The third-order valence-electron chi connectivity index (χ3n) is 4.77. The number of benzene rings is 1. The van der Waals surface area contributed by atoms with Crippen LogP contribution in [-0.2, 0) is 26.1 Å². The predicted octanol–water partition coefficient (Wildman–Crippen LogP) is 1.44. The Balaban J connectivity index is 1.86. The Labute approximate surface area is 162 Å². The van der Waals surface area contributed by atoms with Gasteiger partial charge in [0.25, 0.3) is 0 Å². The number of hydrogen-bond donors (Lipinski definition) is 1. The zero-order valence-electron chi connectivity index (χ0n) is 16.5. The largest absolute Gasteiger partial charge is 0.378 e. The molecule has 0 aliphatic carbocycles. The van der Waals surface area contributed by atoms with E-state index in [1.165, 1.54) is 4.31 Å². The molecule has 0 saturated carbocycles. The summed E-state index contributed by atoms with van der Waals surface area (Å²) in [6, 6.07) is 6.97. The van der Waals surface area contributed by atoms with Crippen molar-refractivity contribution in [1.29, 1.82) is 0 Å². The topological polar surface area (TPSA) is 79.0 Å². The van der Waals surface area contributed by atoms with Crippen molar-refractivity contribution >= 4 is 15.9 Å². The van der Waals surface area contributed by atoms with Crippen LogP contribution >= 0.6 is 0 Å². The zero-order valence-corrected chi connectivity index (χ0v) is 17.3. The third kappa shape index (κ3) is 6.00. The fourth-order valence-corrected chi connectivity index (χ4v) is 4.52. The van der Waals surface area contributed by atoms with E-state index in [1.54, 1.807) is 12.1 Å². The van der Waals surface area contributed by atoms with Crippen LogP contribution in [0.3, 0.4) is 0 Å². The maximum Gasteiger partial charge on any atom is 0.243 e. The monoisotopic (exact) mass is 397 g/mol. The second kappa shape index (κ2) is 10.2. The number of carbonyl (C=O) groups is 1. The zero-order chi connectivity index (χ0) is 19.9. The highest BCUT2D eigenvalue weighted by atomic mass is 32.2. The van der Waals surface area contributed by atoms with E-state index < -0.39 is 10.0 Å². The van der Waals surface area contributed by atoms with E-state index >= 15 is 0 Å². The fraction of sp³-hybridized carbons (Fsp3) is 0.632. The van der Waals surface area contributed by atoms with Crippen LogP contribution in [0.5, 0.6) is 0 Å². The summed E-state index contributed by atoms with van der Waals surface area (Å²) in [5.74, 6) is 0.138. The molecule has 1 aromatic rings. The van der Waals surface area contributed by atoms with Gasteiger partial charge in [0.2, 0.25) is 15.9 Å². The highest BCUT2D eigenvalue weighted by Crippen LogP contribution is 2.16. The molecular weight excluding hydrogens is 366 g/mol. The van der Waals surface area contributed by atoms with Crippen molar-refractivity contribution in [2.75, 3.05) is 39.4 Å². The van der Waals surface area contributed by atoms with E-state index in [9.17, 15) is 13.2 Å². The molecule has 152 valence electrons. The summed E-state index contributed by atoms with van der Waals surface area (Å²) in [7, 11) is -3.43. The molecule has 1 aromatic carbocycles. The predicted molar refractivity (Wildman–Crippen MR) is 105 cm³/mol. The minimum absolute atomic E-state index is 0.0411. The number of nitrogens with zero attached hydrogens (tertiary/aromatic N) is 2. The second-order valence-corrected chi connectivity index (χ2v) is 8.65. The molecule has 0 spiro atoms. The first-order valence-electron chi connectivity index (χ1n) is 9.56. The van der Waals surface area contributed by atoms with Crippen LogP contribution in [0.25, 0.3) is 0 Å². The molecule has 8 heteroatoms. The van der Waals surface area contributed by atoms with Gasteiger partial charge in [0, 0.05) is 45.2 Å². The molecule has 1 unspecified atom stereocenters. The van der Waals surface area contributed by atoms with Crippen LogP contribution in [0, 0.1) is 0 Å². The van der Waals surface area contributed by atoms with Gasteiger partial charge >= 0.3 is 0 Å². The Bertz CT molecular complexity index is 696. The van der Waals surface area contributed by atoms with Crippen LogP contribution in [0.15, 0.2) is 29.2 Å². The summed E-state index contributed by atoms with van der Waals surface area (Å²) >= 11 is 0. The number of hydrogen-bond acceptors (Lipinski definition) is 5. The van der Waals surface area contributed by atoms with Gasteiger partial charge in [0.1, 0.15) is 0 Å². The van der Waals surface area contributed by atoms with Gasteiger partial charge in [-0.05, 0) is 24.6 Å². The lowest BCUT2D eigenvalue weighted by atomic mass is 10.1. The average Bonchev–Trinajstić information content (AvgIpc) is 2.68. The van der Waals surface area contributed by atoms with Gasteiger partial charge in [-0.3, -0.25) is 4.79 Å². The van der Waals surface area contributed by atoms with Crippen LogP contribution in [-0.4, -0.2) is 69.0 Å². The Morgan fingerprint density at radius 2 is 1.78 bits per heavy atom. The van der Waals surface area contributed by atoms with Crippen molar-refractivity contribution in [3.8, 4) is 0 Å². The standard InChI is InChI=1S/C19H31N3O4S/c1-4-22(5-2)27(24,25)18-8-6-17(7-9-18)15-20-16(3)14-19(23)21-10-12-26-13-11-21/h6-9,16,20H,4-5,10-15H2,1-3H3. The molecule has 27 heavy (non-hydrogen) atoms. The van der Waals surface area contributed by atoms with E-state index in [-0.39, 0.29) is 11.9 Å². The Hall–Kier alpha value is -1.48. The van der Waals surface area contributed by atoms with Gasteiger partial charge in [-0.25, -0.2) is 8.42 Å². The number of morpholine rings is 1. The van der Waals surface area contributed by atoms with Crippen molar-refractivity contribution in [1.82, 2.24) is 14.5 Å². The third-order valence-corrected chi connectivity index (χ3v) is 6.83. The van der Waals surface area contributed by atoms with Crippen molar-refractivity contribution in [2.24, 2.45) is 0 Å². The molecular formula is C19H31N3O4S. The van der Waals surface area contributed by atoms with Crippen LogP contribution in [0.2, 0.25) is 0 Å². The summed E-state index contributed by atoms with van der Waals surface area (Å²) in [4.78, 5) is 14.4. The molecule has 2 rings (SSSR count). The molecule has 1 aliphatic rings. The lowest BCUT2D eigenvalue weighted by Gasteiger charge is -2.28. The highest BCUT2D eigenvalue weighted by Gasteiger charge is 2.21. The number of nitrogens with one attached hydrogen (secondary N) is 1. The summed E-state index contributed by atoms with van der Waals surface area (Å²) in [5, 5.41) is 3.33. The minimum atomic E-state index is -3.43. The number of amides is 1. The highest BCUT2D eigenvalue weighted by molar-refractivity contribution is 7.89. The van der Waals surface area contributed by atoms with E-state index in [4.69, 9.17) is 4.74 Å². The minimum Gasteiger partial charge on any atom is -0.378 e. The number of ether oxygens (including phenoxy) is 1. The van der Waals surface area contributed by atoms with Crippen LogP contribution in [0.4, 0.5) is 0 Å². The Kier molecular flexibility index (Phi) is 8.22. The Morgan fingerprint density at radius 3 is 2.33 bits per heavy atom. The molecule has 1 heterocycles. The van der Waals surface area contributed by atoms with Crippen LogP contribution in [0.1, 0.15) is 32.8 Å². The van der Waals surface area contributed by atoms with Crippen molar-refractivity contribution in [3.05, 3.63) is 29.8 Å². The fourth-order valence-electron chi connectivity index (χ4n) is 3.06. The van der Waals surface area contributed by atoms with Gasteiger partial charge in [-0.15, -0.1) is 0 Å². The van der Waals surface area contributed by atoms with Gasteiger partial charge in [-0.1, -0.05) is 26.0 Å². The lowest BCUT2D eigenvalue weighted by Crippen LogP contribution is -2.43. The van der Waals surface area contributed by atoms with Crippen LogP contribution < -0.4 is 5.32 Å². The van der Waals surface area contributed by atoms with Crippen molar-refractivity contribution < 1.29 is 17.9 Å².